The molecule has 138 valence electrons. The molecule has 0 N–H and O–H groups in total. The van der Waals surface area contributed by atoms with Gasteiger partial charge in [-0.1, -0.05) is 29.8 Å². The molecule has 1 aromatic heterocycles. The van der Waals surface area contributed by atoms with E-state index in [1.54, 1.807) is 54.2 Å². The van der Waals surface area contributed by atoms with Crippen LogP contribution >= 0.6 is 0 Å². The van der Waals surface area contributed by atoms with Crippen LogP contribution in [0.3, 0.4) is 0 Å². The van der Waals surface area contributed by atoms with E-state index in [4.69, 9.17) is 5.26 Å². The summed E-state index contributed by atoms with van der Waals surface area (Å²) in [6.45, 7) is 1.86. The Hall–Kier alpha value is -3.07. The van der Waals surface area contributed by atoms with Gasteiger partial charge in [0.05, 0.1) is 0 Å². The molecule has 1 unspecified atom stereocenters. The predicted molar refractivity (Wildman–Crippen MR) is 93.1 cm³/mol. The highest BCUT2D eigenvalue weighted by Gasteiger charge is 2.31. The minimum atomic E-state index is -1.67. The van der Waals surface area contributed by atoms with Crippen molar-refractivity contribution in [3.05, 3.63) is 93.8 Å². The third-order valence-corrected chi connectivity index (χ3v) is 4.70. The van der Waals surface area contributed by atoms with Crippen molar-refractivity contribution < 1.29 is 17.6 Å². The van der Waals surface area contributed by atoms with E-state index in [0.29, 0.717) is 5.56 Å². The maximum absolute atomic E-state index is 14.7. The lowest BCUT2D eigenvalue weighted by molar-refractivity contribution is 0.428. The Labute approximate surface area is 154 Å². The molecule has 0 radical (unpaired) electrons. The second-order valence-corrected chi connectivity index (χ2v) is 6.43. The van der Waals surface area contributed by atoms with Gasteiger partial charge in [0.1, 0.15) is 11.6 Å². The van der Waals surface area contributed by atoms with Crippen LogP contribution in [0.5, 0.6) is 0 Å². The van der Waals surface area contributed by atoms with Gasteiger partial charge in [-0.3, -0.25) is 0 Å². The normalized spacial score (nSPS) is 12.0. The molecule has 0 fully saturated rings. The molecule has 2 aromatic carbocycles. The first-order chi connectivity index (χ1) is 12.8. The van der Waals surface area contributed by atoms with Gasteiger partial charge in [0, 0.05) is 30.4 Å². The summed E-state index contributed by atoms with van der Waals surface area (Å²) in [6, 6.07) is 11.6. The molecule has 0 aliphatic rings. The Morgan fingerprint density at radius 2 is 1.56 bits per heavy atom. The van der Waals surface area contributed by atoms with Crippen LogP contribution in [0.15, 0.2) is 42.6 Å². The van der Waals surface area contributed by atoms with Crippen molar-refractivity contribution in [3.8, 4) is 6.07 Å². The number of hydrogen-bond acceptors (Lipinski definition) is 1. The van der Waals surface area contributed by atoms with Crippen molar-refractivity contribution >= 4 is 0 Å². The van der Waals surface area contributed by atoms with E-state index in [2.05, 4.69) is 0 Å². The van der Waals surface area contributed by atoms with Gasteiger partial charge in [-0.15, -0.1) is 0 Å². The standard InChI is InChI=1S/C21H16F4N2/c1-12-5-7-13(8-6-12)15(10-14-4-3-9-27(14)2)17-20(24)18(22)16(11-26)19(23)21(17)25/h3-9,15H,10H2,1-2H3. The summed E-state index contributed by atoms with van der Waals surface area (Å²) in [5, 5.41) is 8.80. The van der Waals surface area contributed by atoms with Crippen molar-refractivity contribution in [3.63, 3.8) is 0 Å². The molecule has 0 amide bonds. The lowest BCUT2D eigenvalue weighted by Gasteiger charge is -2.21. The van der Waals surface area contributed by atoms with Gasteiger partial charge in [-0.25, -0.2) is 17.6 Å². The zero-order chi connectivity index (χ0) is 19.7. The highest BCUT2D eigenvalue weighted by molar-refractivity contribution is 5.43. The molecule has 0 bridgehead atoms. The van der Waals surface area contributed by atoms with Gasteiger partial charge in [0.15, 0.2) is 23.3 Å². The summed E-state index contributed by atoms with van der Waals surface area (Å²) in [5.74, 6) is -7.38. The van der Waals surface area contributed by atoms with Gasteiger partial charge in [0.2, 0.25) is 0 Å². The van der Waals surface area contributed by atoms with Gasteiger partial charge >= 0.3 is 0 Å². The number of rotatable bonds is 4. The van der Waals surface area contributed by atoms with Crippen LogP contribution in [-0.2, 0) is 13.5 Å². The van der Waals surface area contributed by atoms with Crippen LogP contribution in [0, 0.1) is 41.5 Å². The largest absolute Gasteiger partial charge is 0.354 e. The fourth-order valence-corrected chi connectivity index (χ4v) is 3.16. The highest BCUT2D eigenvalue weighted by Crippen LogP contribution is 2.35. The van der Waals surface area contributed by atoms with Gasteiger partial charge in [-0.2, -0.15) is 5.26 Å². The van der Waals surface area contributed by atoms with E-state index >= 15 is 0 Å². The molecule has 1 heterocycles. The van der Waals surface area contributed by atoms with E-state index in [-0.39, 0.29) is 6.42 Å². The molecular weight excluding hydrogens is 356 g/mol. The number of aromatic nitrogens is 1. The molecule has 27 heavy (non-hydrogen) atoms. The third kappa shape index (κ3) is 3.33. The van der Waals surface area contributed by atoms with E-state index in [9.17, 15) is 17.6 Å². The topological polar surface area (TPSA) is 28.7 Å². The van der Waals surface area contributed by atoms with Gasteiger partial charge in [0.25, 0.3) is 0 Å². The zero-order valence-electron chi connectivity index (χ0n) is 14.7. The second-order valence-electron chi connectivity index (χ2n) is 6.43. The average Bonchev–Trinajstić information content (AvgIpc) is 3.05. The second kappa shape index (κ2) is 7.28. The lowest BCUT2D eigenvalue weighted by atomic mass is 9.85. The average molecular weight is 372 g/mol. The fraction of sp³-hybridized carbons (Fsp3) is 0.190. The first-order valence-electron chi connectivity index (χ1n) is 8.27. The number of aryl methyl sites for hydroxylation is 2. The van der Waals surface area contributed by atoms with Gasteiger partial charge < -0.3 is 4.57 Å². The number of hydrogen-bond donors (Lipinski definition) is 0. The summed E-state index contributed by atoms with van der Waals surface area (Å²) in [4.78, 5) is 0. The Morgan fingerprint density at radius 1 is 0.963 bits per heavy atom. The monoisotopic (exact) mass is 372 g/mol. The fourth-order valence-electron chi connectivity index (χ4n) is 3.16. The number of benzene rings is 2. The number of halogens is 4. The van der Waals surface area contributed by atoms with E-state index in [1.807, 2.05) is 6.92 Å². The Balaban J connectivity index is 2.24. The zero-order valence-corrected chi connectivity index (χ0v) is 14.7. The van der Waals surface area contributed by atoms with Gasteiger partial charge in [-0.05, 0) is 31.0 Å². The molecule has 0 aliphatic heterocycles. The number of nitriles is 1. The molecule has 3 aromatic rings. The minimum Gasteiger partial charge on any atom is -0.354 e. The summed E-state index contributed by atoms with van der Waals surface area (Å²) >= 11 is 0. The minimum absolute atomic E-state index is 0.130. The molecule has 2 nitrogen and oxygen atoms in total. The van der Waals surface area contributed by atoms with Crippen LogP contribution in [0.4, 0.5) is 17.6 Å². The quantitative estimate of drug-likeness (QED) is 0.461. The van der Waals surface area contributed by atoms with Crippen molar-refractivity contribution in [2.45, 2.75) is 19.3 Å². The number of nitrogens with zero attached hydrogens (tertiary/aromatic N) is 2. The van der Waals surface area contributed by atoms with Crippen molar-refractivity contribution in [1.29, 1.82) is 5.26 Å². The summed E-state index contributed by atoms with van der Waals surface area (Å²) < 4.78 is 59.5. The van der Waals surface area contributed by atoms with Crippen LogP contribution in [0.2, 0.25) is 0 Å². The summed E-state index contributed by atoms with van der Waals surface area (Å²) in [5.41, 5.74) is 0.228. The van der Waals surface area contributed by atoms with Crippen LogP contribution in [0.1, 0.15) is 33.9 Å². The predicted octanol–water partition coefficient (Wildman–Crippen LogP) is 5.14. The maximum atomic E-state index is 14.7. The molecule has 6 heteroatoms. The van der Waals surface area contributed by atoms with Crippen LogP contribution < -0.4 is 0 Å². The molecule has 1 atom stereocenters. The van der Waals surface area contributed by atoms with Crippen molar-refractivity contribution in [2.24, 2.45) is 7.05 Å². The smallest absolute Gasteiger partial charge is 0.180 e. The van der Waals surface area contributed by atoms with E-state index < -0.39 is 40.3 Å². The lowest BCUT2D eigenvalue weighted by Crippen LogP contribution is -2.15. The van der Waals surface area contributed by atoms with Crippen molar-refractivity contribution in [1.82, 2.24) is 4.57 Å². The molecular formula is C21H16F4N2. The first kappa shape index (κ1) is 18.7. The van der Waals surface area contributed by atoms with E-state index in [0.717, 1.165) is 11.3 Å². The Kier molecular flexibility index (Phi) is 5.04. The molecule has 0 spiro atoms. The molecule has 3 rings (SSSR count). The third-order valence-electron chi connectivity index (χ3n) is 4.70. The van der Waals surface area contributed by atoms with Crippen LogP contribution in [-0.4, -0.2) is 4.57 Å². The Morgan fingerprint density at radius 3 is 2.04 bits per heavy atom. The molecule has 0 saturated heterocycles. The summed E-state index contributed by atoms with van der Waals surface area (Å²) in [6.07, 6.45) is 1.90. The van der Waals surface area contributed by atoms with E-state index in [1.165, 1.54) is 6.07 Å². The molecule has 0 saturated carbocycles. The highest BCUT2D eigenvalue weighted by atomic mass is 19.2. The maximum Gasteiger partial charge on any atom is 0.180 e. The Bertz CT molecular complexity index is 1000. The summed E-state index contributed by atoms with van der Waals surface area (Å²) in [7, 11) is 1.77. The first-order valence-corrected chi connectivity index (χ1v) is 8.27. The SMILES string of the molecule is Cc1ccc(C(Cc2cccn2C)c2c(F)c(F)c(C#N)c(F)c2F)cc1. The molecule has 0 aliphatic carbocycles. The van der Waals surface area contributed by atoms with Crippen LogP contribution in [0.25, 0.3) is 0 Å². The van der Waals surface area contributed by atoms with Crippen molar-refractivity contribution in [2.75, 3.05) is 0 Å².